The summed E-state index contributed by atoms with van der Waals surface area (Å²) in [5.74, 6) is -0.972. The van der Waals surface area contributed by atoms with Crippen molar-refractivity contribution >= 4 is 11.9 Å². The first-order valence-electron chi connectivity index (χ1n) is 7.79. The van der Waals surface area contributed by atoms with Crippen molar-refractivity contribution < 1.29 is 14.7 Å². The van der Waals surface area contributed by atoms with E-state index in [2.05, 4.69) is 11.4 Å². The summed E-state index contributed by atoms with van der Waals surface area (Å²) in [6.07, 6.45) is 6.20. The van der Waals surface area contributed by atoms with Gasteiger partial charge >= 0.3 is 5.97 Å². The summed E-state index contributed by atoms with van der Waals surface area (Å²) in [4.78, 5) is 23.2. The van der Waals surface area contributed by atoms with E-state index in [9.17, 15) is 9.59 Å². The van der Waals surface area contributed by atoms with Crippen LogP contribution in [-0.4, -0.2) is 23.0 Å². The Labute approximate surface area is 124 Å². The predicted octanol–water partition coefficient (Wildman–Crippen LogP) is 2.55. The topological polar surface area (TPSA) is 66.4 Å². The maximum Gasteiger partial charge on any atom is 0.306 e. The van der Waals surface area contributed by atoms with Crippen LogP contribution in [0.3, 0.4) is 0 Å². The summed E-state index contributed by atoms with van der Waals surface area (Å²) in [7, 11) is 0. The Morgan fingerprint density at radius 1 is 1.05 bits per heavy atom. The van der Waals surface area contributed by atoms with Crippen molar-refractivity contribution in [2.45, 2.75) is 51.0 Å². The third-order valence-corrected chi connectivity index (χ3v) is 4.77. The van der Waals surface area contributed by atoms with Crippen LogP contribution in [0.5, 0.6) is 0 Å². The Morgan fingerprint density at radius 3 is 2.48 bits per heavy atom. The molecule has 0 atom stereocenters. The normalized spacial score (nSPS) is 24.4. The van der Waals surface area contributed by atoms with Gasteiger partial charge in [-0.25, -0.2) is 0 Å². The van der Waals surface area contributed by atoms with E-state index in [-0.39, 0.29) is 17.9 Å². The number of aliphatic carboxylic acids is 1. The minimum Gasteiger partial charge on any atom is -0.481 e. The lowest BCUT2D eigenvalue weighted by molar-refractivity contribution is -0.142. The second-order valence-corrected chi connectivity index (χ2v) is 6.20. The lowest BCUT2D eigenvalue weighted by Gasteiger charge is -2.26. The monoisotopic (exact) mass is 287 g/mol. The molecular weight excluding hydrogens is 266 g/mol. The Bertz CT molecular complexity index is 559. The van der Waals surface area contributed by atoms with Crippen LogP contribution in [0, 0.1) is 5.92 Å². The van der Waals surface area contributed by atoms with Gasteiger partial charge in [0.05, 0.1) is 5.92 Å². The minimum atomic E-state index is -0.710. The van der Waals surface area contributed by atoms with Crippen molar-refractivity contribution in [1.29, 1.82) is 0 Å². The van der Waals surface area contributed by atoms with E-state index < -0.39 is 5.97 Å². The molecule has 0 heterocycles. The van der Waals surface area contributed by atoms with Crippen LogP contribution in [0.4, 0.5) is 0 Å². The smallest absolute Gasteiger partial charge is 0.306 e. The van der Waals surface area contributed by atoms with Gasteiger partial charge in [-0.3, -0.25) is 9.59 Å². The number of rotatable bonds is 3. The third kappa shape index (κ3) is 3.09. The molecule has 0 radical (unpaired) electrons. The molecule has 2 aliphatic carbocycles. The van der Waals surface area contributed by atoms with Gasteiger partial charge in [-0.15, -0.1) is 0 Å². The molecule has 0 aliphatic heterocycles. The molecule has 1 amide bonds. The standard InChI is InChI=1S/C17H21NO3/c19-16(14-5-4-11-2-1-3-13(11)10-14)18-15-8-6-12(7-9-15)17(20)21/h4-5,10,12,15H,1-3,6-9H2,(H,18,19)(H,20,21). The van der Waals surface area contributed by atoms with E-state index >= 15 is 0 Å². The molecule has 3 rings (SSSR count). The first-order chi connectivity index (χ1) is 10.1. The lowest BCUT2D eigenvalue weighted by Crippen LogP contribution is -2.38. The van der Waals surface area contributed by atoms with Gasteiger partial charge in [-0.2, -0.15) is 0 Å². The van der Waals surface area contributed by atoms with Gasteiger partial charge in [0, 0.05) is 11.6 Å². The van der Waals surface area contributed by atoms with Crippen molar-refractivity contribution in [1.82, 2.24) is 5.32 Å². The predicted molar refractivity (Wildman–Crippen MR) is 79.3 cm³/mol. The summed E-state index contributed by atoms with van der Waals surface area (Å²) in [5, 5.41) is 12.0. The first-order valence-corrected chi connectivity index (χ1v) is 7.79. The maximum atomic E-state index is 12.3. The molecule has 0 spiro atoms. The van der Waals surface area contributed by atoms with E-state index in [4.69, 9.17) is 5.11 Å². The van der Waals surface area contributed by atoms with E-state index in [1.807, 2.05) is 12.1 Å². The van der Waals surface area contributed by atoms with Gasteiger partial charge < -0.3 is 10.4 Å². The van der Waals surface area contributed by atoms with Gasteiger partial charge in [0.25, 0.3) is 5.91 Å². The highest BCUT2D eigenvalue weighted by molar-refractivity contribution is 5.94. The molecule has 2 aliphatic rings. The van der Waals surface area contributed by atoms with Crippen LogP contribution >= 0.6 is 0 Å². The van der Waals surface area contributed by atoms with Gasteiger partial charge in [0.15, 0.2) is 0 Å². The SMILES string of the molecule is O=C(NC1CCC(C(=O)O)CC1)c1ccc2c(c1)CCC2. The van der Waals surface area contributed by atoms with Gasteiger partial charge in [0.2, 0.25) is 0 Å². The minimum absolute atomic E-state index is 0.0246. The van der Waals surface area contributed by atoms with Crippen LogP contribution in [0.15, 0.2) is 18.2 Å². The lowest BCUT2D eigenvalue weighted by atomic mass is 9.86. The van der Waals surface area contributed by atoms with Crippen molar-refractivity contribution in [3.05, 3.63) is 34.9 Å². The number of fused-ring (bicyclic) bond motifs is 1. The largest absolute Gasteiger partial charge is 0.481 e. The molecule has 4 heteroatoms. The number of aryl methyl sites for hydroxylation is 2. The van der Waals surface area contributed by atoms with Crippen LogP contribution in [0.25, 0.3) is 0 Å². The number of carboxylic acid groups (broad SMARTS) is 1. The van der Waals surface area contributed by atoms with E-state index in [1.165, 1.54) is 17.5 Å². The van der Waals surface area contributed by atoms with Crippen LogP contribution in [0.1, 0.15) is 53.6 Å². The number of carbonyl (C=O) groups is 2. The molecule has 1 fully saturated rings. The number of nitrogens with one attached hydrogen (secondary N) is 1. The fourth-order valence-electron chi connectivity index (χ4n) is 3.47. The zero-order valence-corrected chi connectivity index (χ0v) is 12.1. The fourth-order valence-corrected chi connectivity index (χ4v) is 3.47. The molecular formula is C17H21NO3. The van der Waals surface area contributed by atoms with Crippen molar-refractivity contribution in [3.63, 3.8) is 0 Å². The van der Waals surface area contributed by atoms with Crippen LogP contribution < -0.4 is 5.32 Å². The van der Waals surface area contributed by atoms with Crippen molar-refractivity contribution in [2.24, 2.45) is 5.92 Å². The molecule has 1 aromatic rings. The Hall–Kier alpha value is -1.84. The zero-order valence-electron chi connectivity index (χ0n) is 12.1. The Morgan fingerprint density at radius 2 is 1.76 bits per heavy atom. The highest BCUT2D eigenvalue weighted by Gasteiger charge is 2.27. The molecule has 0 unspecified atom stereocenters. The average molecular weight is 287 g/mol. The van der Waals surface area contributed by atoms with E-state index in [0.29, 0.717) is 12.8 Å². The summed E-state index contributed by atoms with van der Waals surface area (Å²) < 4.78 is 0. The summed E-state index contributed by atoms with van der Waals surface area (Å²) in [6.45, 7) is 0. The summed E-state index contributed by atoms with van der Waals surface area (Å²) in [6, 6.07) is 6.10. The Balaban J connectivity index is 1.58. The van der Waals surface area contributed by atoms with Crippen LogP contribution in [0.2, 0.25) is 0 Å². The van der Waals surface area contributed by atoms with Gasteiger partial charge in [-0.1, -0.05) is 6.07 Å². The second kappa shape index (κ2) is 5.88. The van der Waals surface area contributed by atoms with Crippen molar-refractivity contribution in [3.8, 4) is 0 Å². The summed E-state index contributed by atoms with van der Waals surface area (Å²) >= 11 is 0. The Kier molecular flexibility index (Phi) is 3.95. The molecule has 21 heavy (non-hydrogen) atoms. The number of amides is 1. The average Bonchev–Trinajstić information content (AvgIpc) is 2.95. The molecule has 112 valence electrons. The van der Waals surface area contributed by atoms with Crippen LogP contribution in [-0.2, 0) is 17.6 Å². The van der Waals surface area contributed by atoms with E-state index in [1.54, 1.807) is 0 Å². The maximum absolute atomic E-state index is 12.3. The third-order valence-electron chi connectivity index (χ3n) is 4.77. The van der Waals surface area contributed by atoms with Gasteiger partial charge in [0.1, 0.15) is 0 Å². The fraction of sp³-hybridized carbons (Fsp3) is 0.529. The number of hydrogen-bond donors (Lipinski definition) is 2. The molecule has 1 aromatic carbocycles. The molecule has 0 bridgehead atoms. The molecule has 0 saturated heterocycles. The highest BCUT2D eigenvalue weighted by atomic mass is 16.4. The highest BCUT2D eigenvalue weighted by Crippen LogP contribution is 2.25. The quantitative estimate of drug-likeness (QED) is 0.898. The van der Waals surface area contributed by atoms with Gasteiger partial charge in [-0.05, 0) is 68.2 Å². The number of hydrogen-bond acceptors (Lipinski definition) is 2. The number of benzene rings is 1. The zero-order chi connectivity index (χ0) is 14.8. The molecule has 4 nitrogen and oxygen atoms in total. The van der Waals surface area contributed by atoms with E-state index in [0.717, 1.165) is 31.2 Å². The summed E-state index contributed by atoms with van der Waals surface area (Å²) in [5.41, 5.74) is 3.40. The van der Waals surface area contributed by atoms with Crippen molar-refractivity contribution in [2.75, 3.05) is 0 Å². The number of carbonyl (C=O) groups excluding carboxylic acids is 1. The second-order valence-electron chi connectivity index (χ2n) is 6.20. The number of carboxylic acids is 1. The molecule has 1 saturated carbocycles. The molecule has 0 aromatic heterocycles. The molecule has 2 N–H and O–H groups in total. The first kappa shape index (κ1) is 14.1.